The Hall–Kier alpha value is -0.610. The summed E-state index contributed by atoms with van der Waals surface area (Å²) in [7, 11) is 1.71. The molecule has 16 heavy (non-hydrogen) atoms. The lowest BCUT2D eigenvalue weighted by Gasteiger charge is -2.32. The summed E-state index contributed by atoms with van der Waals surface area (Å²) in [5, 5.41) is 8.61. The van der Waals surface area contributed by atoms with Crippen molar-refractivity contribution in [1.29, 1.82) is 0 Å². The Morgan fingerprint density at radius 2 is 2.00 bits per heavy atom. The van der Waals surface area contributed by atoms with Crippen molar-refractivity contribution < 1.29 is 14.6 Å². The van der Waals surface area contributed by atoms with Gasteiger partial charge in [-0.2, -0.15) is 0 Å². The highest BCUT2D eigenvalue weighted by atomic mass is 16.5. The van der Waals surface area contributed by atoms with Gasteiger partial charge >= 0.3 is 5.97 Å². The zero-order valence-corrected chi connectivity index (χ0v) is 10.9. The average Bonchev–Trinajstić information content (AvgIpc) is 2.20. The Bertz CT molecular complexity index is 195. The lowest BCUT2D eigenvalue weighted by Crippen LogP contribution is -2.40. The summed E-state index contributed by atoms with van der Waals surface area (Å²) < 4.78 is 5.06. The van der Waals surface area contributed by atoms with Gasteiger partial charge in [0.2, 0.25) is 0 Å². The SMILES string of the molecule is COCCC(C)N(CCCC(=O)O)C(C)C. The quantitative estimate of drug-likeness (QED) is 0.659. The van der Waals surface area contributed by atoms with E-state index in [4.69, 9.17) is 9.84 Å². The molecule has 0 amide bonds. The Morgan fingerprint density at radius 1 is 1.38 bits per heavy atom. The lowest BCUT2D eigenvalue weighted by molar-refractivity contribution is -0.137. The number of ether oxygens (including phenoxy) is 1. The standard InChI is InChI=1S/C12H25NO3/c1-10(2)13(8-5-6-12(14)15)11(3)7-9-16-4/h10-11H,5-9H2,1-4H3,(H,14,15). The maximum atomic E-state index is 10.5. The van der Waals surface area contributed by atoms with E-state index < -0.39 is 5.97 Å². The summed E-state index contributed by atoms with van der Waals surface area (Å²) in [6.45, 7) is 8.05. The minimum absolute atomic E-state index is 0.250. The van der Waals surface area contributed by atoms with Gasteiger partial charge in [0, 0.05) is 32.2 Å². The molecule has 4 nitrogen and oxygen atoms in total. The number of hydrogen-bond acceptors (Lipinski definition) is 3. The summed E-state index contributed by atoms with van der Waals surface area (Å²) in [4.78, 5) is 12.8. The number of aliphatic carboxylic acids is 1. The van der Waals surface area contributed by atoms with Crippen LogP contribution in [-0.4, -0.2) is 48.3 Å². The number of carboxylic acid groups (broad SMARTS) is 1. The molecule has 0 aliphatic heterocycles. The van der Waals surface area contributed by atoms with Crippen LogP contribution in [0.25, 0.3) is 0 Å². The molecule has 0 spiro atoms. The molecular weight excluding hydrogens is 206 g/mol. The molecule has 0 rings (SSSR count). The molecular formula is C12H25NO3. The third-order valence-electron chi connectivity index (χ3n) is 2.78. The highest BCUT2D eigenvalue weighted by Crippen LogP contribution is 2.10. The second kappa shape index (κ2) is 8.53. The molecule has 1 N–H and O–H groups in total. The van der Waals surface area contributed by atoms with E-state index in [1.165, 1.54) is 0 Å². The van der Waals surface area contributed by atoms with Crippen LogP contribution in [0.4, 0.5) is 0 Å². The first kappa shape index (κ1) is 15.4. The summed E-state index contributed by atoms with van der Waals surface area (Å²) in [5.74, 6) is -0.715. The van der Waals surface area contributed by atoms with Crippen LogP contribution in [-0.2, 0) is 9.53 Å². The first-order valence-corrected chi connectivity index (χ1v) is 5.95. The van der Waals surface area contributed by atoms with Crippen molar-refractivity contribution >= 4 is 5.97 Å². The van der Waals surface area contributed by atoms with E-state index >= 15 is 0 Å². The molecule has 1 unspecified atom stereocenters. The zero-order valence-electron chi connectivity index (χ0n) is 10.9. The molecule has 96 valence electrons. The second-order valence-electron chi connectivity index (χ2n) is 4.46. The van der Waals surface area contributed by atoms with Gasteiger partial charge in [-0.25, -0.2) is 0 Å². The lowest BCUT2D eigenvalue weighted by atomic mass is 10.1. The molecule has 0 aromatic carbocycles. The van der Waals surface area contributed by atoms with Crippen LogP contribution < -0.4 is 0 Å². The predicted molar refractivity (Wildman–Crippen MR) is 64.7 cm³/mol. The molecule has 1 atom stereocenters. The van der Waals surface area contributed by atoms with Gasteiger partial charge in [-0.15, -0.1) is 0 Å². The third-order valence-corrected chi connectivity index (χ3v) is 2.78. The highest BCUT2D eigenvalue weighted by molar-refractivity contribution is 5.66. The Labute approximate surface area is 98.6 Å². The van der Waals surface area contributed by atoms with Crippen molar-refractivity contribution in [2.24, 2.45) is 0 Å². The number of carboxylic acids is 1. The maximum absolute atomic E-state index is 10.5. The number of nitrogens with zero attached hydrogens (tertiary/aromatic N) is 1. The number of rotatable bonds is 9. The molecule has 0 saturated carbocycles. The van der Waals surface area contributed by atoms with E-state index in [1.54, 1.807) is 7.11 Å². The fourth-order valence-corrected chi connectivity index (χ4v) is 1.85. The number of carbonyl (C=O) groups is 1. The Morgan fingerprint density at radius 3 is 2.44 bits per heavy atom. The van der Waals surface area contributed by atoms with Gasteiger partial charge in [-0.05, 0) is 40.2 Å². The van der Waals surface area contributed by atoms with E-state index in [0.717, 1.165) is 19.6 Å². The van der Waals surface area contributed by atoms with Crippen molar-refractivity contribution in [3.05, 3.63) is 0 Å². The molecule has 0 aliphatic carbocycles. The van der Waals surface area contributed by atoms with Crippen molar-refractivity contribution in [3.63, 3.8) is 0 Å². The molecule has 0 saturated heterocycles. The van der Waals surface area contributed by atoms with E-state index in [0.29, 0.717) is 18.5 Å². The summed E-state index contributed by atoms with van der Waals surface area (Å²) in [5.41, 5.74) is 0. The molecule has 0 heterocycles. The van der Waals surface area contributed by atoms with E-state index in [-0.39, 0.29) is 6.42 Å². The average molecular weight is 231 g/mol. The van der Waals surface area contributed by atoms with E-state index in [2.05, 4.69) is 25.7 Å². The van der Waals surface area contributed by atoms with Gasteiger partial charge < -0.3 is 9.84 Å². The monoisotopic (exact) mass is 231 g/mol. The van der Waals surface area contributed by atoms with Gasteiger partial charge in [0.1, 0.15) is 0 Å². The number of hydrogen-bond donors (Lipinski definition) is 1. The van der Waals surface area contributed by atoms with Crippen molar-refractivity contribution in [2.75, 3.05) is 20.3 Å². The third kappa shape index (κ3) is 6.80. The van der Waals surface area contributed by atoms with Gasteiger partial charge in [0.15, 0.2) is 0 Å². The second-order valence-corrected chi connectivity index (χ2v) is 4.46. The smallest absolute Gasteiger partial charge is 0.303 e. The summed E-state index contributed by atoms with van der Waals surface area (Å²) in [6, 6.07) is 0.884. The van der Waals surface area contributed by atoms with Crippen LogP contribution in [0.5, 0.6) is 0 Å². The first-order valence-electron chi connectivity index (χ1n) is 5.95. The minimum atomic E-state index is -0.715. The molecule has 0 aliphatic rings. The highest BCUT2D eigenvalue weighted by Gasteiger charge is 2.16. The van der Waals surface area contributed by atoms with Crippen molar-refractivity contribution in [3.8, 4) is 0 Å². The molecule has 0 bridgehead atoms. The Kier molecular flexibility index (Phi) is 8.21. The topological polar surface area (TPSA) is 49.8 Å². The summed E-state index contributed by atoms with van der Waals surface area (Å²) >= 11 is 0. The van der Waals surface area contributed by atoms with E-state index in [9.17, 15) is 4.79 Å². The van der Waals surface area contributed by atoms with Crippen LogP contribution in [0.15, 0.2) is 0 Å². The molecule has 0 aromatic heterocycles. The minimum Gasteiger partial charge on any atom is -0.481 e. The fraction of sp³-hybridized carbons (Fsp3) is 0.917. The van der Waals surface area contributed by atoms with Gasteiger partial charge in [-0.1, -0.05) is 0 Å². The first-order chi connectivity index (χ1) is 7.49. The van der Waals surface area contributed by atoms with Crippen LogP contribution in [0, 0.1) is 0 Å². The fourth-order valence-electron chi connectivity index (χ4n) is 1.85. The van der Waals surface area contributed by atoms with Crippen molar-refractivity contribution in [1.82, 2.24) is 4.90 Å². The van der Waals surface area contributed by atoms with Gasteiger partial charge in [0.05, 0.1) is 0 Å². The number of methoxy groups -OCH3 is 1. The molecule has 0 fully saturated rings. The van der Waals surface area contributed by atoms with Crippen LogP contribution in [0.2, 0.25) is 0 Å². The molecule has 4 heteroatoms. The van der Waals surface area contributed by atoms with Crippen molar-refractivity contribution in [2.45, 2.75) is 52.1 Å². The summed E-state index contributed by atoms with van der Waals surface area (Å²) in [6.07, 6.45) is 1.95. The van der Waals surface area contributed by atoms with Gasteiger partial charge in [0.25, 0.3) is 0 Å². The Balaban J connectivity index is 4.00. The predicted octanol–water partition coefficient (Wildman–Crippen LogP) is 1.99. The van der Waals surface area contributed by atoms with E-state index in [1.807, 2.05) is 0 Å². The largest absolute Gasteiger partial charge is 0.481 e. The molecule has 0 radical (unpaired) electrons. The van der Waals surface area contributed by atoms with Crippen LogP contribution in [0.1, 0.15) is 40.0 Å². The zero-order chi connectivity index (χ0) is 12.6. The van der Waals surface area contributed by atoms with Crippen LogP contribution >= 0.6 is 0 Å². The molecule has 0 aromatic rings. The van der Waals surface area contributed by atoms with Crippen LogP contribution in [0.3, 0.4) is 0 Å². The maximum Gasteiger partial charge on any atom is 0.303 e. The normalized spacial score (nSPS) is 13.4. The van der Waals surface area contributed by atoms with Gasteiger partial charge in [-0.3, -0.25) is 9.69 Å².